The zero-order valence-electron chi connectivity index (χ0n) is 8.52. The Labute approximate surface area is 92.0 Å². The molecule has 1 aliphatic rings. The molecule has 2 rings (SSSR count). The minimum Gasteiger partial charge on any atom is -0.486 e. The van der Waals surface area contributed by atoms with Crippen molar-refractivity contribution >= 4 is 5.97 Å². The Balaban J connectivity index is 1.97. The number of hydrogen-bond acceptors (Lipinski definition) is 3. The second-order valence-corrected chi connectivity index (χ2v) is 3.71. The maximum absolute atomic E-state index is 13.2. The molecule has 2 atom stereocenters. The summed E-state index contributed by atoms with van der Waals surface area (Å²) in [5.41, 5.74) is 0. The first-order valence-corrected chi connectivity index (χ1v) is 5.04. The SMILES string of the molecule is O=C(O)[C@@H]1CC(Oc2ccccc2F)CN1. The van der Waals surface area contributed by atoms with Gasteiger partial charge in [-0.2, -0.15) is 0 Å². The molecule has 1 saturated heterocycles. The third kappa shape index (κ3) is 2.30. The first kappa shape index (κ1) is 10.9. The van der Waals surface area contributed by atoms with Gasteiger partial charge in [-0.1, -0.05) is 12.1 Å². The Morgan fingerprint density at radius 2 is 2.25 bits per heavy atom. The Morgan fingerprint density at radius 1 is 1.50 bits per heavy atom. The number of carboxylic acid groups (broad SMARTS) is 1. The Hall–Kier alpha value is -1.62. The molecule has 1 unspecified atom stereocenters. The lowest BCUT2D eigenvalue weighted by molar-refractivity contribution is -0.139. The number of ether oxygens (including phenoxy) is 1. The molecule has 0 saturated carbocycles. The van der Waals surface area contributed by atoms with E-state index in [1.807, 2.05) is 0 Å². The van der Waals surface area contributed by atoms with Crippen LogP contribution in [0.3, 0.4) is 0 Å². The van der Waals surface area contributed by atoms with Gasteiger partial charge in [-0.25, -0.2) is 4.39 Å². The topological polar surface area (TPSA) is 58.6 Å². The highest BCUT2D eigenvalue weighted by molar-refractivity contribution is 5.73. The summed E-state index contributed by atoms with van der Waals surface area (Å²) in [5, 5.41) is 11.6. The van der Waals surface area contributed by atoms with Gasteiger partial charge in [-0.05, 0) is 12.1 Å². The third-order valence-electron chi connectivity index (χ3n) is 2.52. The van der Waals surface area contributed by atoms with E-state index in [-0.39, 0.29) is 11.9 Å². The van der Waals surface area contributed by atoms with E-state index in [9.17, 15) is 9.18 Å². The molecule has 0 radical (unpaired) electrons. The van der Waals surface area contributed by atoms with Crippen molar-refractivity contribution in [3.8, 4) is 5.75 Å². The zero-order chi connectivity index (χ0) is 11.5. The monoisotopic (exact) mass is 225 g/mol. The number of nitrogens with one attached hydrogen (secondary N) is 1. The smallest absolute Gasteiger partial charge is 0.320 e. The van der Waals surface area contributed by atoms with E-state index >= 15 is 0 Å². The van der Waals surface area contributed by atoms with Gasteiger partial charge in [0.05, 0.1) is 0 Å². The van der Waals surface area contributed by atoms with E-state index in [0.29, 0.717) is 13.0 Å². The average Bonchev–Trinajstić information content (AvgIpc) is 2.70. The van der Waals surface area contributed by atoms with Crippen molar-refractivity contribution in [2.24, 2.45) is 0 Å². The molecular formula is C11H12FNO3. The largest absolute Gasteiger partial charge is 0.486 e. The van der Waals surface area contributed by atoms with Crippen LogP contribution in [-0.4, -0.2) is 29.8 Å². The summed E-state index contributed by atoms with van der Waals surface area (Å²) in [5.74, 6) is -1.17. The van der Waals surface area contributed by atoms with Gasteiger partial charge in [-0.3, -0.25) is 4.79 Å². The molecular weight excluding hydrogens is 213 g/mol. The van der Waals surface area contributed by atoms with Crippen LogP contribution in [0, 0.1) is 5.82 Å². The molecule has 0 amide bonds. The summed E-state index contributed by atoms with van der Waals surface area (Å²) in [6.07, 6.45) is 0.0573. The highest BCUT2D eigenvalue weighted by Gasteiger charge is 2.30. The lowest BCUT2D eigenvalue weighted by atomic mass is 10.2. The van der Waals surface area contributed by atoms with Gasteiger partial charge in [-0.15, -0.1) is 0 Å². The second-order valence-electron chi connectivity index (χ2n) is 3.71. The van der Waals surface area contributed by atoms with Crippen molar-refractivity contribution in [2.75, 3.05) is 6.54 Å². The molecule has 16 heavy (non-hydrogen) atoms. The van der Waals surface area contributed by atoms with Crippen molar-refractivity contribution in [3.05, 3.63) is 30.1 Å². The van der Waals surface area contributed by atoms with E-state index in [1.54, 1.807) is 12.1 Å². The van der Waals surface area contributed by atoms with E-state index < -0.39 is 17.8 Å². The summed E-state index contributed by atoms with van der Waals surface area (Å²) in [7, 11) is 0. The van der Waals surface area contributed by atoms with E-state index in [4.69, 9.17) is 9.84 Å². The molecule has 1 heterocycles. The first-order valence-electron chi connectivity index (χ1n) is 5.04. The summed E-state index contributed by atoms with van der Waals surface area (Å²) < 4.78 is 18.6. The number of para-hydroxylation sites is 1. The molecule has 0 aromatic heterocycles. The van der Waals surface area contributed by atoms with E-state index in [0.717, 1.165) is 0 Å². The third-order valence-corrected chi connectivity index (χ3v) is 2.52. The number of carboxylic acids is 1. The van der Waals surface area contributed by atoms with Gasteiger partial charge in [0, 0.05) is 13.0 Å². The lowest BCUT2D eigenvalue weighted by Gasteiger charge is -2.12. The molecule has 1 aliphatic heterocycles. The van der Waals surface area contributed by atoms with E-state index in [1.165, 1.54) is 12.1 Å². The van der Waals surface area contributed by atoms with Crippen LogP contribution in [0.4, 0.5) is 4.39 Å². The van der Waals surface area contributed by atoms with Gasteiger partial charge in [0.2, 0.25) is 0 Å². The Kier molecular flexibility index (Phi) is 3.05. The number of carbonyl (C=O) groups is 1. The molecule has 1 fully saturated rings. The van der Waals surface area contributed by atoms with Gasteiger partial charge in [0.25, 0.3) is 0 Å². The normalized spacial score (nSPS) is 24.3. The zero-order valence-corrected chi connectivity index (χ0v) is 8.52. The number of halogens is 1. The van der Waals surface area contributed by atoms with Crippen molar-refractivity contribution in [1.82, 2.24) is 5.32 Å². The first-order chi connectivity index (χ1) is 7.66. The molecule has 2 N–H and O–H groups in total. The highest BCUT2D eigenvalue weighted by atomic mass is 19.1. The van der Waals surface area contributed by atoms with Crippen molar-refractivity contribution in [3.63, 3.8) is 0 Å². The van der Waals surface area contributed by atoms with Crippen LogP contribution in [-0.2, 0) is 4.79 Å². The number of rotatable bonds is 3. The Bertz CT molecular complexity index is 397. The molecule has 0 bridgehead atoms. The van der Waals surface area contributed by atoms with E-state index in [2.05, 4.69) is 5.32 Å². The number of benzene rings is 1. The lowest BCUT2D eigenvalue weighted by Crippen LogP contribution is -2.30. The van der Waals surface area contributed by atoms with Gasteiger partial charge in [0.1, 0.15) is 12.1 Å². The van der Waals surface area contributed by atoms with Crippen LogP contribution in [0.5, 0.6) is 5.75 Å². The predicted octanol–water partition coefficient (Wildman–Crippen LogP) is 1.02. The minimum atomic E-state index is -0.903. The van der Waals surface area contributed by atoms with Crippen molar-refractivity contribution < 1.29 is 19.0 Å². The molecule has 0 spiro atoms. The van der Waals surface area contributed by atoms with Crippen LogP contribution in [0.25, 0.3) is 0 Å². The quantitative estimate of drug-likeness (QED) is 0.806. The fourth-order valence-electron chi connectivity index (χ4n) is 1.70. The fraction of sp³-hybridized carbons (Fsp3) is 0.364. The molecule has 5 heteroatoms. The summed E-state index contributed by atoms with van der Waals surface area (Å²) >= 11 is 0. The van der Waals surface area contributed by atoms with Crippen LogP contribution in [0.1, 0.15) is 6.42 Å². The number of hydrogen-bond donors (Lipinski definition) is 2. The molecule has 86 valence electrons. The van der Waals surface area contributed by atoms with Gasteiger partial charge < -0.3 is 15.2 Å². The summed E-state index contributed by atoms with van der Waals surface area (Å²) in [4.78, 5) is 10.7. The minimum absolute atomic E-state index is 0.167. The van der Waals surface area contributed by atoms with Crippen molar-refractivity contribution in [1.29, 1.82) is 0 Å². The summed E-state index contributed by atoms with van der Waals surface area (Å²) in [6, 6.07) is 5.50. The van der Waals surface area contributed by atoms with Crippen molar-refractivity contribution in [2.45, 2.75) is 18.6 Å². The van der Waals surface area contributed by atoms with Crippen LogP contribution >= 0.6 is 0 Å². The molecule has 1 aromatic carbocycles. The molecule has 1 aromatic rings. The predicted molar refractivity (Wildman–Crippen MR) is 54.9 cm³/mol. The summed E-state index contributed by atoms with van der Waals surface area (Å²) in [6.45, 7) is 0.422. The van der Waals surface area contributed by atoms with Crippen LogP contribution < -0.4 is 10.1 Å². The van der Waals surface area contributed by atoms with Crippen LogP contribution in [0.2, 0.25) is 0 Å². The second kappa shape index (κ2) is 4.49. The molecule has 0 aliphatic carbocycles. The molecule has 4 nitrogen and oxygen atoms in total. The highest BCUT2D eigenvalue weighted by Crippen LogP contribution is 2.20. The standard InChI is InChI=1S/C11H12FNO3/c12-8-3-1-2-4-10(8)16-7-5-9(11(14)15)13-6-7/h1-4,7,9,13H,5-6H2,(H,14,15)/t7?,9-/m0/s1. The van der Waals surface area contributed by atoms with Crippen LogP contribution in [0.15, 0.2) is 24.3 Å². The maximum atomic E-state index is 13.2. The van der Waals surface area contributed by atoms with Gasteiger partial charge in [0.15, 0.2) is 11.6 Å². The maximum Gasteiger partial charge on any atom is 0.320 e. The van der Waals surface area contributed by atoms with Gasteiger partial charge >= 0.3 is 5.97 Å². The fourth-order valence-corrected chi connectivity index (χ4v) is 1.70. The number of aliphatic carboxylic acids is 1. The Morgan fingerprint density at radius 3 is 2.88 bits per heavy atom. The average molecular weight is 225 g/mol.